The van der Waals surface area contributed by atoms with Crippen molar-refractivity contribution in [2.45, 2.75) is 30.2 Å². The molecule has 0 spiro atoms. The van der Waals surface area contributed by atoms with Gasteiger partial charge in [0.15, 0.2) is 0 Å². The maximum Gasteiger partial charge on any atom is 0.267 e. The van der Waals surface area contributed by atoms with E-state index in [0.29, 0.717) is 5.69 Å². The Morgan fingerprint density at radius 2 is 1.92 bits per heavy atom. The highest BCUT2D eigenvalue weighted by Gasteiger charge is 2.47. The molecule has 0 aliphatic carbocycles. The Morgan fingerprint density at radius 1 is 1.16 bits per heavy atom. The molecule has 1 fully saturated rings. The maximum atomic E-state index is 14.3. The van der Waals surface area contributed by atoms with E-state index in [2.05, 4.69) is 18.0 Å². The molecule has 132 valence electrons. The predicted molar refractivity (Wildman–Crippen MR) is 95.9 cm³/mol. The van der Waals surface area contributed by atoms with Gasteiger partial charge in [0, 0.05) is 12.5 Å². The number of benzene rings is 2. The number of hydrogen-bond acceptors (Lipinski definition) is 3. The molecule has 0 saturated carbocycles. The van der Waals surface area contributed by atoms with E-state index >= 15 is 0 Å². The quantitative estimate of drug-likeness (QED) is 0.826. The Balaban J connectivity index is 1.89. The highest BCUT2D eigenvalue weighted by molar-refractivity contribution is 7.92. The van der Waals surface area contributed by atoms with Crippen LogP contribution in [0.4, 0.5) is 10.1 Å². The molecule has 4 rings (SSSR count). The number of fused-ring (bicyclic) bond motifs is 3. The lowest BCUT2D eigenvalue weighted by Crippen LogP contribution is -2.47. The monoisotopic (exact) mass is 360 g/mol. The number of hydrogen-bond donors (Lipinski definition) is 0. The van der Waals surface area contributed by atoms with Crippen LogP contribution in [0.3, 0.4) is 0 Å². The van der Waals surface area contributed by atoms with E-state index in [1.165, 1.54) is 22.5 Å². The Kier molecular flexibility index (Phi) is 3.85. The Morgan fingerprint density at radius 3 is 2.68 bits per heavy atom. The van der Waals surface area contributed by atoms with Gasteiger partial charge in [-0.25, -0.2) is 12.8 Å². The van der Waals surface area contributed by atoms with Crippen LogP contribution in [0.5, 0.6) is 0 Å². The molecule has 2 atom stereocenters. The number of aryl methyl sites for hydroxylation is 1. The maximum absolute atomic E-state index is 14.3. The third-order valence-electron chi connectivity index (χ3n) is 5.27. The molecule has 0 N–H and O–H groups in total. The SMILES string of the molecule is Cc1ccc2c(c1)[C@H]1CN(C)CC[C@@H]1N2S(=O)(=O)c1ccccc1F. The number of anilines is 1. The van der Waals surface area contributed by atoms with Crippen molar-refractivity contribution in [3.8, 4) is 0 Å². The van der Waals surface area contributed by atoms with Gasteiger partial charge in [-0.15, -0.1) is 0 Å². The van der Waals surface area contributed by atoms with Crippen LogP contribution >= 0.6 is 0 Å². The van der Waals surface area contributed by atoms with Crippen LogP contribution in [-0.4, -0.2) is 39.5 Å². The molecular formula is C19H21FN2O2S. The summed E-state index contributed by atoms with van der Waals surface area (Å²) in [5.41, 5.74) is 2.85. The summed E-state index contributed by atoms with van der Waals surface area (Å²) in [5.74, 6) is -0.581. The third kappa shape index (κ3) is 2.55. The second kappa shape index (κ2) is 5.81. The standard InChI is InChI=1S/C19H21FN2O2S/c1-13-7-8-17-14(11-13)15-12-21(2)10-9-18(15)22(17)25(23,24)19-6-4-3-5-16(19)20/h3-8,11,15,18H,9-10,12H2,1-2H3/t15-,18+/m1/s1. The molecule has 25 heavy (non-hydrogen) atoms. The predicted octanol–water partition coefficient (Wildman–Crippen LogP) is 3.13. The average Bonchev–Trinajstić information content (AvgIpc) is 2.89. The number of likely N-dealkylation sites (N-methyl/N-ethyl adjacent to an activating group) is 1. The van der Waals surface area contributed by atoms with Crippen molar-refractivity contribution >= 4 is 15.7 Å². The van der Waals surface area contributed by atoms with Crippen molar-refractivity contribution in [2.75, 3.05) is 24.4 Å². The van der Waals surface area contributed by atoms with Crippen molar-refractivity contribution in [2.24, 2.45) is 0 Å². The minimum atomic E-state index is -3.94. The second-order valence-corrected chi connectivity index (χ2v) is 8.80. The van der Waals surface area contributed by atoms with Gasteiger partial charge < -0.3 is 4.90 Å². The zero-order valence-corrected chi connectivity index (χ0v) is 15.1. The Labute approximate surface area is 147 Å². The first-order chi connectivity index (χ1) is 11.9. The lowest BCUT2D eigenvalue weighted by atomic mass is 9.89. The highest BCUT2D eigenvalue weighted by atomic mass is 32.2. The molecule has 2 aromatic carbocycles. The fraction of sp³-hybridized carbons (Fsp3) is 0.368. The molecule has 0 unspecified atom stereocenters. The second-order valence-electron chi connectivity index (χ2n) is 7.02. The first-order valence-corrected chi connectivity index (χ1v) is 9.91. The molecule has 6 heteroatoms. The van der Waals surface area contributed by atoms with E-state index in [9.17, 15) is 12.8 Å². The van der Waals surface area contributed by atoms with E-state index < -0.39 is 15.8 Å². The lowest BCUT2D eigenvalue weighted by Gasteiger charge is -2.36. The van der Waals surface area contributed by atoms with Gasteiger partial charge in [-0.05, 0) is 50.7 Å². The third-order valence-corrected chi connectivity index (χ3v) is 7.15. The topological polar surface area (TPSA) is 40.6 Å². The molecule has 0 amide bonds. The summed E-state index contributed by atoms with van der Waals surface area (Å²) >= 11 is 0. The number of likely N-dealkylation sites (tertiary alicyclic amines) is 1. The zero-order chi connectivity index (χ0) is 17.8. The molecule has 2 aromatic rings. The summed E-state index contributed by atoms with van der Waals surface area (Å²) in [4.78, 5) is 1.98. The van der Waals surface area contributed by atoms with Crippen LogP contribution in [0.1, 0.15) is 23.5 Å². The van der Waals surface area contributed by atoms with Gasteiger partial charge in [-0.3, -0.25) is 4.31 Å². The summed E-state index contributed by atoms with van der Waals surface area (Å²) in [6.45, 7) is 3.65. The summed E-state index contributed by atoms with van der Waals surface area (Å²) in [6.07, 6.45) is 0.739. The first kappa shape index (κ1) is 16.5. The van der Waals surface area contributed by atoms with Gasteiger partial charge in [0.05, 0.1) is 11.7 Å². The normalized spacial score (nSPS) is 23.4. The van der Waals surface area contributed by atoms with E-state index in [-0.39, 0.29) is 16.9 Å². The van der Waals surface area contributed by atoms with Gasteiger partial charge in [0.2, 0.25) is 0 Å². The molecule has 4 nitrogen and oxygen atoms in total. The van der Waals surface area contributed by atoms with E-state index in [1.807, 2.05) is 19.1 Å². The van der Waals surface area contributed by atoms with Crippen LogP contribution in [-0.2, 0) is 10.0 Å². The molecule has 0 bridgehead atoms. The number of rotatable bonds is 2. The first-order valence-electron chi connectivity index (χ1n) is 8.47. The number of sulfonamides is 1. The van der Waals surface area contributed by atoms with Gasteiger partial charge >= 0.3 is 0 Å². The fourth-order valence-electron chi connectivity index (χ4n) is 4.11. The van der Waals surface area contributed by atoms with Crippen molar-refractivity contribution in [3.63, 3.8) is 0 Å². The minimum Gasteiger partial charge on any atom is -0.306 e. The minimum absolute atomic E-state index is 0.121. The molecule has 2 heterocycles. The van der Waals surface area contributed by atoms with Gasteiger partial charge in [0.25, 0.3) is 10.0 Å². The zero-order valence-electron chi connectivity index (χ0n) is 14.3. The fourth-order valence-corrected chi connectivity index (χ4v) is 5.92. The van der Waals surface area contributed by atoms with Crippen LogP contribution in [0.15, 0.2) is 47.4 Å². The molecule has 2 aliphatic heterocycles. The molecule has 0 aromatic heterocycles. The van der Waals surface area contributed by atoms with Crippen molar-refractivity contribution in [1.82, 2.24) is 4.90 Å². The van der Waals surface area contributed by atoms with Crippen molar-refractivity contribution in [3.05, 3.63) is 59.4 Å². The molecule has 2 aliphatic rings. The summed E-state index contributed by atoms with van der Waals surface area (Å²) < 4.78 is 42.3. The van der Waals surface area contributed by atoms with Crippen molar-refractivity contribution in [1.29, 1.82) is 0 Å². The van der Waals surface area contributed by atoms with Gasteiger partial charge in [-0.1, -0.05) is 29.8 Å². The van der Waals surface area contributed by atoms with Crippen LogP contribution in [0.25, 0.3) is 0 Å². The number of halogens is 1. The van der Waals surface area contributed by atoms with E-state index in [4.69, 9.17) is 0 Å². The summed E-state index contributed by atoms with van der Waals surface area (Å²) in [7, 11) is -1.89. The van der Waals surface area contributed by atoms with Gasteiger partial charge in [-0.2, -0.15) is 0 Å². The average molecular weight is 360 g/mol. The highest BCUT2D eigenvalue weighted by Crippen LogP contribution is 2.47. The molecule has 1 saturated heterocycles. The number of piperidine rings is 1. The van der Waals surface area contributed by atoms with Crippen LogP contribution in [0.2, 0.25) is 0 Å². The van der Waals surface area contributed by atoms with Crippen LogP contribution < -0.4 is 4.31 Å². The summed E-state index contributed by atoms with van der Waals surface area (Å²) in [5, 5.41) is 0. The molecule has 0 radical (unpaired) electrons. The van der Waals surface area contributed by atoms with Gasteiger partial charge in [0.1, 0.15) is 10.7 Å². The smallest absolute Gasteiger partial charge is 0.267 e. The number of nitrogens with zero attached hydrogens (tertiary/aromatic N) is 2. The molecular weight excluding hydrogens is 339 g/mol. The van der Waals surface area contributed by atoms with E-state index in [0.717, 1.165) is 30.6 Å². The largest absolute Gasteiger partial charge is 0.306 e. The summed E-state index contributed by atoms with van der Waals surface area (Å²) in [6, 6.07) is 11.3. The van der Waals surface area contributed by atoms with Crippen LogP contribution in [0, 0.1) is 12.7 Å². The Bertz CT molecular complexity index is 929. The van der Waals surface area contributed by atoms with Crippen molar-refractivity contribution < 1.29 is 12.8 Å². The van der Waals surface area contributed by atoms with E-state index in [1.54, 1.807) is 6.07 Å². The Hall–Kier alpha value is -1.92. The lowest BCUT2D eigenvalue weighted by molar-refractivity contribution is 0.237.